The molecule has 21 heavy (non-hydrogen) atoms. The minimum Gasteiger partial charge on any atom is -0.507 e. The summed E-state index contributed by atoms with van der Waals surface area (Å²) < 4.78 is 1.60. The predicted molar refractivity (Wildman–Crippen MR) is 80.4 cm³/mol. The smallest absolute Gasteiger partial charge is 0.186 e. The first-order valence-electron chi connectivity index (χ1n) is 6.31. The molecule has 2 aromatic heterocycles. The Morgan fingerprint density at radius 2 is 1.95 bits per heavy atom. The van der Waals surface area contributed by atoms with Gasteiger partial charge in [0.2, 0.25) is 0 Å². The molecule has 0 aliphatic heterocycles. The van der Waals surface area contributed by atoms with Crippen molar-refractivity contribution in [2.75, 3.05) is 0 Å². The Morgan fingerprint density at radius 3 is 2.86 bits per heavy atom. The van der Waals surface area contributed by atoms with Gasteiger partial charge in [-0.3, -0.25) is 0 Å². The number of aromatic hydroxyl groups is 1. The van der Waals surface area contributed by atoms with Gasteiger partial charge in [0.15, 0.2) is 11.5 Å². The summed E-state index contributed by atoms with van der Waals surface area (Å²) in [5, 5.41) is 15.7. The van der Waals surface area contributed by atoms with Crippen LogP contribution < -0.4 is 0 Å². The maximum atomic E-state index is 9.96. The average molecular weight is 297 g/mol. The van der Waals surface area contributed by atoms with Crippen molar-refractivity contribution in [3.8, 4) is 17.1 Å². The van der Waals surface area contributed by atoms with E-state index in [0.29, 0.717) is 22.1 Å². The lowest BCUT2D eigenvalue weighted by Crippen LogP contribution is -1.90. The summed E-state index contributed by atoms with van der Waals surface area (Å²) >= 11 is 5.97. The van der Waals surface area contributed by atoms with Crippen molar-refractivity contribution < 1.29 is 5.11 Å². The van der Waals surface area contributed by atoms with Crippen molar-refractivity contribution in [3.05, 3.63) is 53.8 Å². The number of phenolic OH excluding ortho intramolecular Hbond substituents is 1. The molecular weight excluding hydrogens is 288 g/mol. The summed E-state index contributed by atoms with van der Waals surface area (Å²) in [6.45, 7) is 0. The molecule has 0 bridgehead atoms. The van der Waals surface area contributed by atoms with Gasteiger partial charge in [-0.15, -0.1) is 5.10 Å². The molecule has 0 saturated heterocycles. The minimum absolute atomic E-state index is 0.0903. The Balaban J connectivity index is 2.03. The largest absolute Gasteiger partial charge is 0.507 e. The molecule has 0 amide bonds. The third-order valence-corrected chi connectivity index (χ3v) is 3.52. The highest BCUT2D eigenvalue weighted by molar-refractivity contribution is 6.30. The quantitative estimate of drug-likeness (QED) is 0.585. The van der Waals surface area contributed by atoms with Crippen LogP contribution in [0.25, 0.3) is 27.9 Å². The van der Waals surface area contributed by atoms with Gasteiger partial charge in [0.05, 0.1) is 11.1 Å². The average Bonchev–Trinajstić information content (AvgIpc) is 2.94. The van der Waals surface area contributed by atoms with Gasteiger partial charge in [0.25, 0.3) is 0 Å². The number of phenols is 1. The third-order valence-electron chi connectivity index (χ3n) is 3.28. The number of hydrogen-bond donors (Lipinski definition) is 1. The number of hydrogen-bond acceptors (Lipinski definition) is 4. The molecule has 4 rings (SSSR count). The molecule has 1 N–H and O–H groups in total. The lowest BCUT2D eigenvalue weighted by atomic mass is 10.2. The van der Waals surface area contributed by atoms with Crippen LogP contribution in [0.1, 0.15) is 0 Å². The standard InChI is InChI=1S/C15H9ClN4O/c16-9-5-6-13(21)11(7-9)14-18-15-10-3-1-2-4-12(10)17-8-20(15)19-14/h1-8,21H. The number of aromatic nitrogens is 4. The predicted octanol–water partition coefficient (Wildman–Crippen LogP) is 3.30. The Hall–Kier alpha value is -2.66. The van der Waals surface area contributed by atoms with E-state index in [1.54, 1.807) is 23.0 Å². The number of fused-ring (bicyclic) bond motifs is 3. The van der Waals surface area contributed by atoms with Crippen molar-refractivity contribution in [3.63, 3.8) is 0 Å². The monoisotopic (exact) mass is 296 g/mol. The maximum Gasteiger partial charge on any atom is 0.186 e. The number of rotatable bonds is 1. The Bertz CT molecular complexity index is 980. The van der Waals surface area contributed by atoms with E-state index in [4.69, 9.17) is 11.6 Å². The zero-order valence-corrected chi connectivity index (χ0v) is 11.5. The molecule has 0 fully saturated rings. The van der Waals surface area contributed by atoms with Crippen molar-refractivity contribution in [2.45, 2.75) is 0 Å². The molecule has 2 aromatic carbocycles. The zero-order chi connectivity index (χ0) is 14.4. The number of para-hydroxylation sites is 1. The van der Waals surface area contributed by atoms with E-state index >= 15 is 0 Å². The van der Waals surface area contributed by atoms with E-state index in [2.05, 4.69) is 15.1 Å². The van der Waals surface area contributed by atoms with Crippen molar-refractivity contribution in [1.82, 2.24) is 19.6 Å². The Morgan fingerprint density at radius 1 is 1.10 bits per heavy atom. The summed E-state index contributed by atoms with van der Waals surface area (Å²) in [6.07, 6.45) is 1.61. The molecule has 0 aliphatic rings. The van der Waals surface area contributed by atoms with Gasteiger partial charge in [0, 0.05) is 10.4 Å². The van der Waals surface area contributed by atoms with Gasteiger partial charge in [-0.1, -0.05) is 23.7 Å². The maximum absolute atomic E-state index is 9.96. The first-order valence-corrected chi connectivity index (χ1v) is 6.69. The second-order valence-corrected chi connectivity index (χ2v) is 5.06. The van der Waals surface area contributed by atoms with Crippen LogP contribution in [-0.4, -0.2) is 24.7 Å². The van der Waals surface area contributed by atoms with E-state index < -0.39 is 0 Å². The fourth-order valence-corrected chi connectivity index (χ4v) is 2.45. The highest BCUT2D eigenvalue weighted by Gasteiger charge is 2.13. The molecule has 0 radical (unpaired) electrons. The molecule has 6 heteroatoms. The van der Waals surface area contributed by atoms with E-state index in [1.807, 2.05) is 24.3 Å². The lowest BCUT2D eigenvalue weighted by Gasteiger charge is -1.99. The van der Waals surface area contributed by atoms with Crippen LogP contribution in [0.15, 0.2) is 48.8 Å². The molecule has 102 valence electrons. The molecule has 0 spiro atoms. The minimum atomic E-state index is 0.0903. The van der Waals surface area contributed by atoms with Gasteiger partial charge < -0.3 is 5.11 Å². The van der Waals surface area contributed by atoms with Gasteiger partial charge in [-0.25, -0.2) is 14.5 Å². The molecular formula is C15H9ClN4O. The molecule has 0 saturated carbocycles. The second-order valence-electron chi connectivity index (χ2n) is 4.63. The normalized spacial score (nSPS) is 11.3. The fourth-order valence-electron chi connectivity index (χ4n) is 2.28. The summed E-state index contributed by atoms with van der Waals surface area (Å²) in [7, 11) is 0. The van der Waals surface area contributed by atoms with Crippen LogP contribution in [0.5, 0.6) is 5.75 Å². The highest BCUT2D eigenvalue weighted by atomic mass is 35.5. The number of benzene rings is 2. The molecule has 0 unspecified atom stereocenters. The van der Waals surface area contributed by atoms with E-state index in [-0.39, 0.29) is 5.75 Å². The van der Waals surface area contributed by atoms with Crippen molar-refractivity contribution in [2.24, 2.45) is 0 Å². The van der Waals surface area contributed by atoms with E-state index in [9.17, 15) is 5.11 Å². The van der Waals surface area contributed by atoms with Gasteiger partial charge in [0.1, 0.15) is 12.1 Å². The fraction of sp³-hybridized carbons (Fsp3) is 0. The van der Waals surface area contributed by atoms with Crippen LogP contribution >= 0.6 is 11.6 Å². The van der Waals surface area contributed by atoms with Crippen molar-refractivity contribution in [1.29, 1.82) is 0 Å². The van der Waals surface area contributed by atoms with Crippen LogP contribution in [0.4, 0.5) is 0 Å². The van der Waals surface area contributed by atoms with Gasteiger partial charge >= 0.3 is 0 Å². The first-order chi connectivity index (χ1) is 10.2. The van der Waals surface area contributed by atoms with Crippen LogP contribution in [0.2, 0.25) is 5.02 Å². The number of halogens is 1. The summed E-state index contributed by atoms with van der Waals surface area (Å²) in [5.41, 5.74) is 2.03. The van der Waals surface area contributed by atoms with Crippen LogP contribution in [0.3, 0.4) is 0 Å². The SMILES string of the molecule is Oc1ccc(Cl)cc1-c1nc2c3ccccc3ncn2n1. The van der Waals surface area contributed by atoms with Gasteiger partial charge in [-0.2, -0.15) is 0 Å². The molecule has 0 aliphatic carbocycles. The van der Waals surface area contributed by atoms with Crippen molar-refractivity contribution >= 4 is 28.2 Å². The first kappa shape index (κ1) is 12.1. The third kappa shape index (κ3) is 1.90. The summed E-state index contributed by atoms with van der Waals surface area (Å²) in [6, 6.07) is 12.5. The second kappa shape index (κ2) is 4.43. The Kier molecular flexibility index (Phi) is 2.55. The zero-order valence-electron chi connectivity index (χ0n) is 10.7. The summed E-state index contributed by atoms with van der Waals surface area (Å²) in [5.74, 6) is 0.501. The molecule has 4 aromatic rings. The lowest BCUT2D eigenvalue weighted by molar-refractivity contribution is 0.477. The van der Waals surface area contributed by atoms with E-state index in [1.165, 1.54) is 6.07 Å². The van der Waals surface area contributed by atoms with E-state index in [0.717, 1.165) is 10.9 Å². The molecule has 5 nitrogen and oxygen atoms in total. The molecule has 2 heterocycles. The highest BCUT2D eigenvalue weighted by Crippen LogP contribution is 2.30. The van der Waals surface area contributed by atoms with Gasteiger partial charge in [-0.05, 0) is 30.3 Å². The molecule has 0 atom stereocenters. The topological polar surface area (TPSA) is 63.3 Å². The van der Waals surface area contributed by atoms with Crippen LogP contribution in [0, 0.1) is 0 Å². The number of nitrogens with zero attached hydrogens (tertiary/aromatic N) is 4. The Labute approximate surface area is 124 Å². The summed E-state index contributed by atoms with van der Waals surface area (Å²) in [4.78, 5) is 8.83. The van der Waals surface area contributed by atoms with Crippen LogP contribution in [-0.2, 0) is 0 Å².